The van der Waals surface area contributed by atoms with Crippen molar-refractivity contribution in [2.24, 2.45) is 5.73 Å². The zero-order chi connectivity index (χ0) is 25.4. The van der Waals surface area contributed by atoms with Gasteiger partial charge >= 0.3 is 0 Å². The molecule has 3 heterocycles. The van der Waals surface area contributed by atoms with Gasteiger partial charge in [0.15, 0.2) is 23.3 Å². The number of carbonyl (C=O) groups is 1. The molecule has 36 heavy (non-hydrogen) atoms. The SMILES string of the molecule is NC(=O)[C@@H](Cc1cc(F)c(F)cc1F)Nc1ncnc(N2CCCC2c2nc3ccccc3s2)c1F. The first-order valence-corrected chi connectivity index (χ1v) is 12.0. The number of fused-ring (bicyclic) bond motifs is 1. The molecule has 0 aliphatic carbocycles. The molecule has 5 rings (SSSR count). The molecule has 1 amide bonds. The predicted octanol–water partition coefficient (Wildman–Crippen LogP) is 4.49. The van der Waals surface area contributed by atoms with Crippen molar-refractivity contribution in [2.75, 3.05) is 16.8 Å². The van der Waals surface area contributed by atoms with Gasteiger partial charge in [0.2, 0.25) is 11.7 Å². The number of amides is 1. The van der Waals surface area contributed by atoms with Crippen LogP contribution in [0.4, 0.5) is 29.2 Å². The van der Waals surface area contributed by atoms with E-state index in [1.54, 1.807) is 4.90 Å². The van der Waals surface area contributed by atoms with Crippen molar-refractivity contribution in [2.45, 2.75) is 31.3 Å². The van der Waals surface area contributed by atoms with Crippen molar-refractivity contribution < 1.29 is 22.4 Å². The Morgan fingerprint density at radius 3 is 2.69 bits per heavy atom. The summed E-state index contributed by atoms with van der Waals surface area (Å²) >= 11 is 1.53. The van der Waals surface area contributed by atoms with Gasteiger partial charge in [-0.2, -0.15) is 4.39 Å². The van der Waals surface area contributed by atoms with Crippen LogP contribution in [0.15, 0.2) is 42.7 Å². The molecule has 0 spiro atoms. The van der Waals surface area contributed by atoms with E-state index < -0.39 is 41.6 Å². The van der Waals surface area contributed by atoms with Crippen molar-refractivity contribution in [3.05, 3.63) is 76.6 Å². The second-order valence-corrected chi connectivity index (χ2v) is 9.45. The number of carbonyl (C=O) groups excluding carboxylic acids is 1. The highest BCUT2D eigenvalue weighted by atomic mass is 32.1. The number of hydrogen-bond donors (Lipinski definition) is 2. The van der Waals surface area contributed by atoms with E-state index in [-0.39, 0.29) is 23.2 Å². The number of primary amides is 1. The number of nitrogens with two attached hydrogens (primary N) is 1. The van der Waals surface area contributed by atoms with Gasteiger partial charge in [-0.05, 0) is 36.6 Å². The van der Waals surface area contributed by atoms with E-state index >= 15 is 4.39 Å². The van der Waals surface area contributed by atoms with Crippen LogP contribution in [0.3, 0.4) is 0 Å². The molecule has 4 aromatic rings. The summed E-state index contributed by atoms with van der Waals surface area (Å²) in [6, 6.07) is 7.20. The standard InChI is InChI=1S/C24H20F4N6OS/c25-13-10-15(27)14(26)8-12(13)9-17(21(29)35)32-22-20(28)23(31-11-30-22)34-7-3-5-18(34)24-33-16-4-1-2-6-19(16)36-24/h1-2,4,6,8,10-11,17-18H,3,5,7,9H2,(H2,29,35)(H,30,31,32)/t17-,18?/m1/s1. The van der Waals surface area contributed by atoms with E-state index in [4.69, 9.17) is 10.7 Å². The minimum absolute atomic E-state index is 0.0245. The van der Waals surface area contributed by atoms with Gasteiger partial charge in [-0.3, -0.25) is 4.79 Å². The summed E-state index contributed by atoms with van der Waals surface area (Å²) in [6.07, 6.45) is 2.25. The average Bonchev–Trinajstić information content (AvgIpc) is 3.50. The average molecular weight is 517 g/mol. The van der Waals surface area contributed by atoms with Gasteiger partial charge in [0.1, 0.15) is 23.2 Å². The van der Waals surface area contributed by atoms with Crippen LogP contribution in [0.1, 0.15) is 29.5 Å². The maximum absolute atomic E-state index is 15.6. The predicted molar refractivity (Wildman–Crippen MR) is 128 cm³/mol. The lowest BCUT2D eigenvalue weighted by Crippen LogP contribution is -2.38. The molecular formula is C24H20F4N6OS. The Hall–Kier alpha value is -3.80. The Labute approximate surface area is 207 Å². The summed E-state index contributed by atoms with van der Waals surface area (Å²) in [5.41, 5.74) is 5.99. The number of halogens is 4. The second-order valence-electron chi connectivity index (χ2n) is 8.39. The molecule has 1 fully saturated rings. The maximum atomic E-state index is 15.6. The van der Waals surface area contributed by atoms with Crippen LogP contribution < -0.4 is 16.0 Å². The Morgan fingerprint density at radius 1 is 1.14 bits per heavy atom. The van der Waals surface area contributed by atoms with E-state index in [9.17, 15) is 18.0 Å². The van der Waals surface area contributed by atoms with Crippen LogP contribution >= 0.6 is 11.3 Å². The maximum Gasteiger partial charge on any atom is 0.240 e. The van der Waals surface area contributed by atoms with Crippen molar-refractivity contribution in [3.8, 4) is 0 Å². The first-order valence-electron chi connectivity index (χ1n) is 11.1. The lowest BCUT2D eigenvalue weighted by molar-refractivity contribution is -0.118. The van der Waals surface area contributed by atoms with Gasteiger partial charge in [0, 0.05) is 19.0 Å². The van der Waals surface area contributed by atoms with Gasteiger partial charge < -0.3 is 16.0 Å². The van der Waals surface area contributed by atoms with Crippen LogP contribution in [0.5, 0.6) is 0 Å². The summed E-state index contributed by atoms with van der Waals surface area (Å²) < 4.78 is 57.6. The molecule has 12 heteroatoms. The van der Waals surface area contributed by atoms with Crippen LogP contribution in [-0.4, -0.2) is 33.4 Å². The van der Waals surface area contributed by atoms with Crippen LogP contribution in [0.2, 0.25) is 0 Å². The van der Waals surface area contributed by atoms with Crippen molar-refractivity contribution in [1.29, 1.82) is 0 Å². The molecule has 1 saturated heterocycles. The molecule has 7 nitrogen and oxygen atoms in total. The highest BCUT2D eigenvalue weighted by molar-refractivity contribution is 7.18. The van der Waals surface area contributed by atoms with E-state index in [2.05, 4.69) is 15.3 Å². The zero-order valence-electron chi connectivity index (χ0n) is 18.7. The number of thiazole rings is 1. The molecule has 0 saturated carbocycles. The fraction of sp³-hybridized carbons (Fsp3) is 0.250. The molecule has 2 aromatic carbocycles. The highest BCUT2D eigenvalue weighted by Gasteiger charge is 2.33. The summed E-state index contributed by atoms with van der Waals surface area (Å²) in [5.74, 6) is -5.76. The summed E-state index contributed by atoms with van der Waals surface area (Å²) in [6.45, 7) is 0.535. The van der Waals surface area contributed by atoms with Crippen molar-refractivity contribution in [3.63, 3.8) is 0 Å². The molecule has 186 valence electrons. The molecule has 3 N–H and O–H groups in total. The van der Waals surface area contributed by atoms with Gasteiger partial charge in [-0.25, -0.2) is 28.1 Å². The number of nitrogens with one attached hydrogen (secondary N) is 1. The topological polar surface area (TPSA) is 97.0 Å². The molecule has 2 aromatic heterocycles. The third-order valence-corrected chi connectivity index (χ3v) is 7.20. The van der Waals surface area contributed by atoms with E-state index in [0.29, 0.717) is 18.7 Å². The number of anilines is 2. The van der Waals surface area contributed by atoms with Crippen molar-refractivity contribution >= 4 is 39.1 Å². The molecule has 1 aliphatic rings. The van der Waals surface area contributed by atoms with Crippen LogP contribution in [0, 0.1) is 23.3 Å². The van der Waals surface area contributed by atoms with Crippen molar-refractivity contribution in [1.82, 2.24) is 15.0 Å². The fourth-order valence-corrected chi connectivity index (χ4v) is 5.41. The normalized spacial score (nSPS) is 16.4. The van der Waals surface area contributed by atoms with E-state index in [1.807, 2.05) is 24.3 Å². The lowest BCUT2D eigenvalue weighted by atomic mass is 10.0. The summed E-state index contributed by atoms with van der Waals surface area (Å²) in [7, 11) is 0. The minimum Gasteiger partial charge on any atom is -0.368 e. The summed E-state index contributed by atoms with van der Waals surface area (Å²) in [5, 5.41) is 3.41. The monoisotopic (exact) mass is 516 g/mol. The van der Waals surface area contributed by atoms with Crippen LogP contribution in [-0.2, 0) is 11.2 Å². The first-order chi connectivity index (χ1) is 17.3. The summed E-state index contributed by atoms with van der Waals surface area (Å²) in [4.78, 5) is 26.6. The van der Waals surface area contributed by atoms with Gasteiger partial charge in [0.05, 0.1) is 16.3 Å². The Kier molecular flexibility index (Phi) is 6.44. The third-order valence-electron chi connectivity index (χ3n) is 6.06. The number of nitrogens with zero attached hydrogens (tertiary/aromatic N) is 4. The van der Waals surface area contributed by atoms with Gasteiger partial charge in [-0.1, -0.05) is 12.1 Å². The number of benzene rings is 2. The fourth-order valence-electron chi connectivity index (χ4n) is 4.30. The Bertz CT molecular complexity index is 1410. The van der Waals surface area contributed by atoms with E-state index in [0.717, 1.165) is 34.4 Å². The van der Waals surface area contributed by atoms with Crippen LogP contribution in [0.25, 0.3) is 10.2 Å². The minimum atomic E-state index is -1.36. The zero-order valence-corrected chi connectivity index (χ0v) is 19.5. The van der Waals surface area contributed by atoms with E-state index in [1.165, 1.54) is 11.3 Å². The second kappa shape index (κ2) is 9.69. The number of aromatic nitrogens is 3. The molecule has 1 unspecified atom stereocenters. The first kappa shape index (κ1) is 23.9. The Balaban J connectivity index is 1.42. The smallest absolute Gasteiger partial charge is 0.240 e. The molecule has 1 aliphatic heterocycles. The molecule has 2 atom stereocenters. The number of rotatable bonds is 7. The quantitative estimate of drug-likeness (QED) is 0.278. The molecule has 0 bridgehead atoms. The highest BCUT2D eigenvalue weighted by Crippen LogP contribution is 2.40. The lowest BCUT2D eigenvalue weighted by Gasteiger charge is -2.25. The number of hydrogen-bond acceptors (Lipinski definition) is 7. The number of para-hydroxylation sites is 1. The third kappa shape index (κ3) is 4.55. The molecular weight excluding hydrogens is 496 g/mol. The molecule has 0 radical (unpaired) electrons. The largest absolute Gasteiger partial charge is 0.368 e. The van der Waals surface area contributed by atoms with Gasteiger partial charge in [0.25, 0.3) is 0 Å². The Morgan fingerprint density at radius 2 is 1.92 bits per heavy atom. The van der Waals surface area contributed by atoms with Gasteiger partial charge in [-0.15, -0.1) is 11.3 Å².